The van der Waals surface area contributed by atoms with Gasteiger partial charge in [0.15, 0.2) is 0 Å². The summed E-state index contributed by atoms with van der Waals surface area (Å²) in [6, 6.07) is 37.1. The molecule has 4 aromatic carbocycles. The van der Waals surface area contributed by atoms with Crippen molar-refractivity contribution in [3.8, 4) is 33.4 Å². The van der Waals surface area contributed by atoms with Crippen LogP contribution in [0, 0.1) is 0 Å². The maximum absolute atomic E-state index is 2.27. The van der Waals surface area contributed by atoms with Crippen LogP contribution >= 0.6 is 0 Å². The number of hydrogen-bond acceptors (Lipinski definition) is 0. The topological polar surface area (TPSA) is 0 Å². The molecule has 0 aliphatic rings. The molecule has 4 rings (SSSR count). The van der Waals surface area contributed by atoms with Crippen molar-refractivity contribution in [3.63, 3.8) is 0 Å². The Morgan fingerprint density at radius 1 is 0.407 bits per heavy atom. The Balaban J connectivity index is 1.61. The van der Waals surface area contributed by atoms with Crippen molar-refractivity contribution in [1.29, 1.82) is 0 Å². The molecule has 0 aliphatic heterocycles. The highest BCUT2D eigenvalue weighted by molar-refractivity contribution is 5.75. The molecule has 4 aromatic rings. The van der Waals surface area contributed by atoms with E-state index in [9.17, 15) is 0 Å². The van der Waals surface area contributed by atoms with Gasteiger partial charge in [0, 0.05) is 0 Å². The summed E-state index contributed by atoms with van der Waals surface area (Å²) in [5, 5.41) is 0. The zero-order valence-corrected chi connectivity index (χ0v) is 15.9. The summed E-state index contributed by atoms with van der Waals surface area (Å²) in [5.74, 6) is 0.568. The van der Waals surface area contributed by atoms with Crippen molar-refractivity contribution < 1.29 is 0 Å². The molecular weight excluding hydrogens is 324 g/mol. The van der Waals surface area contributed by atoms with Crippen LogP contribution < -0.4 is 0 Å². The minimum Gasteiger partial charge on any atom is -0.0622 e. The first-order chi connectivity index (χ1) is 13.2. The van der Waals surface area contributed by atoms with Gasteiger partial charge in [0.1, 0.15) is 0 Å². The van der Waals surface area contributed by atoms with Crippen molar-refractivity contribution in [2.24, 2.45) is 0 Å². The minimum atomic E-state index is 0.568. The molecule has 0 bridgehead atoms. The van der Waals surface area contributed by atoms with Gasteiger partial charge in [0.25, 0.3) is 0 Å². The maximum atomic E-state index is 2.27. The predicted octanol–water partition coefficient (Wildman–Crippen LogP) is 7.81. The summed E-state index contributed by atoms with van der Waals surface area (Å²) < 4.78 is 0. The van der Waals surface area contributed by atoms with Crippen LogP contribution in [0.2, 0.25) is 0 Å². The van der Waals surface area contributed by atoms with Crippen LogP contribution in [0.15, 0.2) is 103 Å². The van der Waals surface area contributed by atoms with Gasteiger partial charge >= 0.3 is 0 Å². The van der Waals surface area contributed by atoms with Crippen molar-refractivity contribution in [3.05, 3.63) is 109 Å². The van der Waals surface area contributed by atoms with Crippen molar-refractivity contribution in [1.82, 2.24) is 0 Å². The second-order valence-electron chi connectivity index (χ2n) is 7.30. The summed E-state index contributed by atoms with van der Waals surface area (Å²) in [4.78, 5) is 0. The molecule has 0 radical (unpaired) electrons. The van der Waals surface area contributed by atoms with E-state index in [1.165, 1.54) is 38.9 Å². The molecular formula is C27H24. The van der Waals surface area contributed by atoms with Gasteiger partial charge < -0.3 is 0 Å². The molecule has 0 amide bonds. The van der Waals surface area contributed by atoms with E-state index in [0.29, 0.717) is 5.92 Å². The first-order valence-electron chi connectivity index (χ1n) is 9.57. The highest BCUT2D eigenvalue weighted by Crippen LogP contribution is 2.29. The average molecular weight is 348 g/mol. The molecule has 0 fully saturated rings. The molecule has 0 aliphatic carbocycles. The zero-order chi connectivity index (χ0) is 18.6. The van der Waals surface area contributed by atoms with Crippen LogP contribution in [0.25, 0.3) is 33.4 Å². The molecule has 27 heavy (non-hydrogen) atoms. The van der Waals surface area contributed by atoms with Crippen LogP contribution in [0.4, 0.5) is 0 Å². The van der Waals surface area contributed by atoms with E-state index in [0.717, 1.165) is 0 Å². The molecule has 0 saturated carbocycles. The minimum absolute atomic E-state index is 0.568. The Morgan fingerprint density at radius 2 is 0.815 bits per heavy atom. The molecule has 0 heteroatoms. The molecule has 0 heterocycles. The number of hydrogen-bond donors (Lipinski definition) is 0. The van der Waals surface area contributed by atoms with Gasteiger partial charge in [0.2, 0.25) is 0 Å². The second kappa shape index (κ2) is 7.63. The molecule has 0 spiro atoms. The summed E-state index contributed by atoms with van der Waals surface area (Å²) >= 11 is 0. The Kier molecular flexibility index (Phi) is 4.89. The first-order valence-corrected chi connectivity index (χ1v) is 9.57. The third kappa shape index (κ3) is 3.85. The van der Waals surface area contributed by atoms with Gasteiger partial charge in [-0.2, -0.15) is 0 Å². The lowest BCUT2D eigenvalue weighted by Gasteiger charge is -2.09. The van der Waals surface area contributed by atoms with E-state index in [1.54, 1.807) is 0 Å². The Hall–Kier alpha value is -3.12. The molecule has 0 saturated heterocycles. The largest absolute Gasteiger partial charge is 0.0622 e. The van der Waals surface area contributed by atoms with E-state index >= 15 is 0 Å². The normalized spacial score (nSPS) is 10.9. The van der Waals surface area contributed by atoms with E-state index in [1.807, 2.05) is 0 Å². The van der Waals surface area contributed by atoms with Crippen molar-refractivity contribution >= 4 is 0 Å². The molecule has 0 aromatic heterocycles. The van der Waals surface area contributed by atoms with Crippen LogP contribution in [-0.2, 0) is 0 Å². The van der Waals surface area contributed by atoms with Gasteiger partial charge in [-0.1, -0.05) is 111 Å². The fourth-order valence-electron chi connectivity index (χ4n) is 3.42. The SMILES string of the molecule is CC(C)c1ccc(-c2ccc(-c3cccc(-c4ccccc4)c3)cc2)cc1. The quantitative estimate of drug-likeness (QED) is 0.353. The molecule has 0 N–H and O–H groups in total. The Labute approximate surface area is 162 Å². The predicted molar refractivity (Wildman–Crippen MR) is 117 cm³/mol. The number of benzene rings is 4. The Morgan fingerprint density at radius 3 is 1.33 bits per heavy atom. The zero-order valence-electron chi connectivity index (χ0n) is 15.9. The lowest BCUT2D eigenvalue weighted by atomic mass is 9.96. The van der Waals surface area contributed by atoms with Gasteiger partial charge in [-0.3, -0.25) is 0 Å². The van der Waals surface area contributed by atoms with Gasteiger partial charge in [-0.05, 0) is 50.9 Å². The highest BCUT2D eigenvalue weighted by Gasteiger charge is 2.04. The maximum Gasteiger partial charge on any atom is -0.0178 e. The first kappa shape index (κ1) is 17.3. The molecule has 0 nitrogen and oxygen atoms in total. The van der Waals surface area contributed by atoms with Crippen LogP contribution in [-0.4, -0.2) is 0 Å². The van der Waals surface area contributed by atoms with Gasteiger partial charge in [-0.15, -0.1) is 0 Å². The summed E-state index contributed by atoms with van der Waals surface area (Å²) in [5.41, 5.74) is 8.90. The Bertz CT molecular complexity index is 1010. The van der Waals surface area contributed by atoms with E-state index in [2.05, 4.69) is 117 Å². The van der Waals surface area contributed by atoms with E-state index < -0.39 is 0 Å². The third-order valence-electron chi connectivity index (χ3n) is 5.10. The van der Waals surface area contributed by atoms with Crippen LogP contribution in [0.3, 0.4) is 0 Å². The second-order valence-corrected chi connectivity index (χ2v) is 7.30. The van der Waals surface area contributed by atoms with Crippen LogP contribution in [0.1, 0.15) is 25.3 Å². The molecule has 0 atom stereocenters. The third-order valence-corrected chi connectivity index (χ3v) is 5.10. The lowest BCUT2D eigenvalue weighted by molar-refractivity contribution is 0.867. The van der Waals surface area contributed by atoms with Crippen molar-refractivity contribution in [2.75, 3.05) is 0 Å². The molecule has 132 valence electrons. The highest BCUT2D eigenvalue weighted by atomic mass is 14.1. The summed E-state index contributed by atoms with van der Waals surface area (Å²) in [7, 11) is 0. The lowest BCUT2D eigenvalue weighted by Crippen LogP contribution is -1.87. The van der Waals surface area contributed by atoms with Gasteiger partial charge in [-0.25, -0.2) is 0 Å². The fraction of sp³-hybridized carbons (Fsp3) is 0.111. The monoisotopic (exact) mass is 348 g/mol. The van der Waals surface area contributed by atoms with Crippen molar-refractivity contribution in [2.45, 2.75) is 19.8 Å². The van der Waals surface area contributed by atoms with Gasteiger partial charge in [0.05, 0.1) is 0 Å². The summed E-state index contributed by atoms with van der Waals surface area (Å²) in [6.45, 7) is 4.46. The van der Waals surface area contributed by atoms with Crippen LogP contribution in [0.5, 0.6) is 0 Å². The molecule has 0 unspecified atom stereocenters. The average Bonchev–Trinajstić information content (AvgIpc) is 2.75. The smallest absolute Gasteiger partial charge is 0.0178 e. The standard InChI is InChI=1S/C27H24/c1-20(2)21-11-13-23(14-12-21)24-15-17-25(18-16-24)27-10-6-9-26(19-27)22-7-4-3-5-8-22/h3-20H,1-2H3. The summed E-state index contributed by atoms with van der Waals surface area (Å²) in [6.07, 6.45) is 0. The fourth-order valence-corrected chi connectivity index (χ4v) is 3.42. The number of rotatable bonds is 4. The van der Waals surface area contributed by atoms with E-state index in [-0.39, 0.29) is 0 Å². The van der Waals surface area contributed by atoms with E-state index in [4.69, 9.17) is 0 Å².